The second-order valence-electron chi connectivity index (χ2n) is 5.98. The Bertz CT molecular complexity index is 915. The smallest absolute Gasteiger partial charge is 0.267 e. The second kappa shape index (κ2) is 7.84. The van der Waals surface area contributed by atoms with Crippen molar-refractivity contribution in [3.8, 4) is 10.4 Å². The molecule has 3 rings (SSSR count). The molecular formula is C20H20N4OS. The van der Waals surface area contributed by atoms with Gasteiger partial charge in [0.1, 0.15) is 4.88 Å². The van der Waals surface area contributed by atoms with Gasteiger partial charge in [0.15, 0.2) is 0 Å². The van der Waals surface area contributed by atoms with E-state index in [1.165, 1.54) is 11.3 Å². The number of anilines is 2. The van der Waals surface area contributed by atoms with Crippen LogP contribution in [0.25, 0.3) is 10.4 Å². The molecule has 0 atom stereocenters. The molecule has 5 nitrogen and oxygen atoms in total. The first-order chi connectivity index (χ1) is 12.5. The maximum absolute atomic E-state index is 12.8. The standard InChI is InChI=1S/C20H20N4OS/c1-24(2)13-22-17-12-18(14-6-4-3-5-7-14)26-19(17)20(25)23-16-10-8-15(21)9-11-16/h3-13H,21H2,1-2H3,(H,23,25). The van der Waals surface area contributed by atoms with Gasteiger partial charge in [-0.05, 0) is 35.9 Å². The van der Waals surface area contributed by atoms with Gasteiger partial charge in [0.05, 0.1) is 12.0 Å². The number of nitrogens with zero attached hydrogens (tertiary/aromatic N) is 2. The maximum Gasteiger partial charge on any atom is 0.267 e. The van der Waals surface area contributed by atoms with Crippen LogP contribution in [0.1, 0.15) is 9.67 Å². The van der Waals surface area contributed by atoms with Crippen LogP contribution in [-0.4, -0.2) is 31.2 Å². The lowest BCUT2D eigenvalue weighted by atomic mass is 10.2. The number of thiophene rings is 1. The van der Waals surface area contributed by atoms with Crippen LogP contribution >= 0.6 is 11.3 Å². The van der Waals surface area contributed by atoms with Crippen LogP contribution in [0, 0.1) is 0 Å². The number of nitrogen functional groups attached to an aromatic ring is 1. The predicted molar refractivity (Wildman–Crippen MR) is 110 cm³/mol. The zero-order valence-corrected chi connectivity index (χ0v) is 15.5. The summed E-state index contributed by atoms with van der Waals surface area (Å²) in [4.78, 5) is 20.7. The Labute approximate surface area is 156 Å². The topological polar surface area (TPSA) is 70.7 Å². The zero-order chi connectivity index (χ0) is 18.5. The van der Waals surface area contributed by atoms with Crippen molar-refractivity contribution in [2.45, 2.75) is 0 Å². The van der Waals surface area contributed by atoms with E-state index in [-0.39, 0.29) is 5.91 Å². The van der Waals surface area contributed by atoms with Crippen LogP contribution in [0.15, 0.2) is 65.7 Å². The largest absolute Gasteiger partial charge is 0.399 e. The zero-order valence-electron chi connectivity index (χ0n) is 14.6. The maximum atomic E-state index is 12.8. The van der Waals surface area contributed by atoms with E-state index in [1.807, 2.05) is 55.4 Å². The highest BCUT2D eigenvalue weighted by molar-refractivity contribution is 7.18. The Morgan fingerprint density at radius 2 is 1.81 bits per heavy atom. The minimum atomic E-state index is -0.187. The number of carbonyl (C=O) groups is 1. The molecule has 0 spiro atoms. The van der Waals surface area contributed by atoms with E-state index in [9.17, 15) is 4.79 Å². The number of nitrogens with two attached hydrogens (primary N) is 1. The monoisotopic (exact) mass is 364 g/mol. The highest BCUT2D eigenvalue weighted by atomic mass is 32.1. The van der Waals surface area contributed by atoms with Crippen molar-refractivity contribution in [3.63, 3.8) is 0 Å². The summed E-state index contributed by atoms with van der Waals surface area (Å²) in [6, 6.07) is 19.0. The Morgan fingerprint density at radius 3 is 2.46 bits per heavy atom. The Morgan fingerprint density at radius 1 is 1.12 bits per heavy atom. The molecule has 0 fully saturated rings. The highest BCUT2D eigenvalue weighted by Crippen LogP contribution is 2.36. The fraction of sp³-hybridized carbons (Fsp3) is 0.100. The van der Waals surface area contributed by atoms with E-state index < -0.39 is 0 Å². The van der Waals surface area contributed by atoms with E-state index in [0.29, 0.717) is 21.9 Å². The van der Waals surface area contributed by atoms with Crippen LogP contribution in [0.4, 0.5) is 17.1 Å². The number of rotatable bonds is 5. The van der Waals surface area contributed by atoms with Crippen molar-refractivity contribution in [2.75, 3.05) is 25.1 Å². The van der Waals surface area contributed by atoms with E-state index in [0.717, 1.165) is 10.4 Å². The number of amides is 1. The van der Waals surface area contributed by atoms with Gasteiger partial charge >= 0.3 is 0 Å². The summed E-state index contributed by atoms with van der Waals surface area (Å²) in [5, 5.41) is 2.91. The van der Waals surface area contributed by atoms with Gasteiger partial charge in [0.2, 0.25) is 0 Å². The molecule has 0 radical (unpaired) electrons. The molecular weight excluding hydrogens is 344 g/mol. The highest BCUT2D eigenvalue weighted by Gasteiger charge is 2.17. The summed E-state index contributed by atoms with van der Waals surface area (Å²) in [6.45, 7) is 0. The second-order valence-corrected chi connectivity index (χ2v) is 7.03. The molecule has 1 aromatic heterocycles. The van der Waals surface area contributed by atoms with Gasteiger partial charge in [-0.3, -0.25) is 4.79 Å². The molecule has 132 valence electrons. The van der Waals surface area contributed by atoms with Crippen LogP contribution in [0.2, 0.25) is 0 Å². The fourth-order valence-electron chi connectivity index (χ4n) is 2.32. The van der Waals surface area contributed by atoms with Crippen molar-refractivity contribution in [1.29, 1.82) is 0 Å². The number of hydrogen-bond donors (Lipinski definition) is 2. The SMILES string of the molecule is CN(C)C=Nc1cc(-c2ccccc2)sc1C(=O)Nc1ccc(N)cc1. The number of hydrogen-bond acceptors (Lipinski definition) is 4. The molecule has 1 amide bonds. The molecule has 1 heterocycles. The lowest BCUT2D eigenvalue weighted by Gasteiger charge is -2.05. The van der Waals surface area contributed by atoms with Gasteiger partial charge < -0.3 is 16.0 Å². The van der Waals surface area contributed by atoms with Gasteiger partial charge in [-0.15, -0.1) is 11.3 Å². The number of benzene rings is 2. The molecule has 6 heteroatoms. The van der Waals surface area contributed by atoms with E-state index >= 15 is 0 Å². The first-order valence-electron chi connectivity index (χ1n) is 8.09. The normalized spacial score (nSPS) is 10.8. The van der Waals surface area contributed by atoms with Crippen LogP contribution in [0.3, 0.4) is 0 Å². The van der Waals surface area contributed by atoms with Crippen molar-refractivity contribution < 1.29 is 4.79 Å². The number of carbonyl (C=O) groups excluding carboxylic acids is 1. The number of aliphatic imine (C=N–C) groups is 1. The molecule has 2 aromatic carbocycles. The summed E-state index contributed by atoms with van der Waals surface area (Å²) < 4.78 is 0. The molecule has 3 N–H and O–H groups in total. The Kier molecular flexibility index (Phi) is 5.34. The van der Waals surface area contributed by atoms with Crippen LogP contribution in [-0.2, 0) is 0 Å². The summed E-state index contributed by atoms with van der Waals surface area (Å²) >= 11 is 1.43. The third-order valence-corrected chi connectivity index (χ3v) is 4.75. The van der Waals surface area contributed by atoms with E-state index in [4.69, 9.17) is 5.73 Å². The quantitative estimate of drug-likeness (QED) is 0.399. The summed E-state index contributed by atoms with van der Waals surface area (Å²) in [5.74, 6) is -0.187. The minimum Gasteiger partial charge on any atom is -0.399 e. The molecule has 0 aliphatic carbocycles. The lowest BCUT2D eigenvalue weighted by molar-refractivity contribution is 0.103. The average Bonchev–Trinajstić information content (AvgIpc) is 3.07. The summed E-state index contributed by atoms with van der Waals surface area (Å²) in [7, 11) is 3.78. The summed E-state index contributed by atoms with van der Waals surface area (Å²) in [5.41, 5.74) is 8.75. The molecule has 0 aliphatic rings. The number of nitrogens with one attached hydrogen (secondary N) is 1. The van der Waals surface area contributed by atoms with E-state index in [1.54, 1.807) is 30.6 Å². The fourth-order valence-corrected chi connectivity index (χ4v) is 3.32. The van der Waals surface area contributed by atoms with Crippen molar-refractivity contribution in [3.05, 3.63) is 65.5 Å². The molecule has 3 aromatic rings. The van der Waals surface area contributed by atoms with E-state index in [2.05, 4.69) is 10.3 Å². The van der Waals surface area contributed by atoms with Gasteiger partial charge in [-0.2, -0.15) is 0 Å². The van der Waals surface area contributed by atoms with Gasteiger partial charge in [-0.25, -0.2) is 4.99 Å². The van der Waals surface area contributed by atoms with Gasteiger partial charge in [0, 0.05) is 30.3 Å². The lowest BCUT2D eigenvalue weighted by Crippen LogP contribution is -2.11. The van der Waals surface area contributed by atoms with Crippen LogP contribution in [0.5, 0.6) is 0 Å². The minimum absolute atomic E-state index is 0.187. The Hall–Kier alpha value is -3.12. The average molecular weight is 364 g/mol. The first kappa shape index (κ1) is 17.7. The van der Waals surface area contributed by atoms with Crippen LogP contribution < -0.4 is 11.1 Å². The molecule has 0 saturated carbocycles. The van der Waals surface area contributed by atoms with Crippen molar-refractivity contribution >= 4 is 40.6 Å². The Balaban J connectivity index is 1.94. The third-order valence-electron chi connectivity index (χ3n) is 3.57. The molecule has 0 bridgehead atoms. The van der Waals surface area contributed by atoms with Crippen molar-refractivity contribution in [2.24, 2.45) is 4.99 Å². The van der Waals surface area contributed by atoms with Crippen molar-refractivity contribution in [1.82, 2.24) is 4.90 Å². The molecule has 26 heavy (non-hydrogen) atoms. The van der Waals surface area contributed by atoms with Gasteiger partial charge in [0.25, 0.3) is 5.91 Å². The summed E-state index contributed by atoms with van der Waals surface area (Å²) in [6.07, 6.45) is 1.69. The molecule has 0 saturated heterocycles. The molecule has 0 aliphatic heterocycles. The third kappa shape index (κ3) is 4.29. The predicted octanol–water partition coefficient (Wildman–Crippen LogP) is 4.47. The van der Waals surface area contributed by atoms with Gasteiger partial charge in [-0.1, -0.05) is 30.3 Å². The first-order valence-corrected chi connectivity index (χ1v) is 8.91. The molecule has 0 unspecified atom stereocenters.